The Bertz CT molecular complexity index is 542. The third-order valence-corrected chi connectivity index (χ3v) is 2.60. The zero-order chi connectivity index (χ0) is 13.1. The van der Waals surface area contributed by atoms with E-state index in [4.69, 9.17) is 10.3 Å². The van der Waals surface area contributed by atoms with Gasteiger partial charge < -0.3 is 10.3 Å². The van der Waals surface area contributed by atoms with E-state index in [2.05, 4.69) is 10.1 Å². The van der Waals surface area contributed by atoms with Crippen LogP contribution in [0.15, 0.2) is 22.7 Å². The van der Waals surface area contributed by atoms with Crippen molar-refractivity contribution in [2.75, 3.05) is 0 Å². The van der Waals surface area contributed by atoms with Gasteiger partial charge in [-0.1, -0.05) is 12.1 Å². The maximum Gasteiger partial charge on any atom is 0.258 e. The highest BCUT2D eigenvalue weighted by atomic mass is 19.2. The maximum atomic E-state index is 13.1. The minimum Gasteiger partial charge on any atom is -0.334 e. The van der Waals surface area contributed by atoms with Crippen LogP contribution in [0.2, 0.25) is 0 Å². The molecule has 1 unspecified atom stereocenters. The quantitative estimate of drug-likeness (QED) is 0.907. The lowest BCUT2D eigenvalue weighted by Crippen LogP contribution is -2.21. The summed E-state index contributed by atoms with van der Waals surface area (Å²) in [5.41, 5.74) is 6.11. The highest BCUT2D eigenvalue weighted by molar-refractivity contribution is 5.52. The first-order valence-electron chi connectivity index (χ1n) is 5.63. The molecule has 1 aromatic carbocycles. The molecule has 1 atom stereocenters. The molecule has 96 valence electrons. The van der Waals surface area contributed by atoms with Gasteiger partial charge in [-0.2, -0.15) is 4.98 Å². The summed E-state index contributed by atoms with van der Waals surface area (Å²) in [5, 5.41) is 3.75. The van der Waals surface area contributed by atoms with Crippen molar-refractivity contribution in [3.8, 4) is 11.5 Å². The normalized spacial score (nSPS) is 12.7. The van der Waals surface area contributed by atoms with Gasteiger partial charge in [-0.15, -0.1) is 0 Å². The first-order chi connectivity index (χ1) is 8.60. The molecular formula is C12H13F2N3O. The van der Waals surface area contributed by atoms with Gasteiger partial charge in [-0.3, -0.25) is 0 Å². The number of rotatable bonds is 4. The second-order valence-electron chi connectivity index (χ2n) is 4.02. The van der Waals surface area contributed by atoms with E-state index in [9.17, 15) is 8.78 Å². The van der Waals surface area contributed by atoms with Crippen LogP contribution >= 0.6 is 0 Å². The number of halogens is 2. The van der Waals surface area contributed by atoms with Crippen LogP contribution in [0.1, 0.15) is 19.2 Å². The molecule has 18 heavy (non-hydrogen) atoms. The van der Waals surface area contributed by atoms with E-state index in [-0.39, 0.29) is 11.9 Å². The Balaban J connectivity index is 2.21. The number of hydrogen-bond donors (Lipinski definition) is 1. The fraction of sp³-hybridized carbons (Fsp3) is 0.333. The zero-order valence-electron chi connectivity index (χ0n) is 9.86. The lowest BCUT2D eigenvalue weighted by atomic mass is 10.1. The van der Waals surface area contributed by atoms with Crippen molar-refractivity contribution < 1.29 is 13.3 Å². The second kappa shape index (κ2) is 5.22. The van der Waals surface area contributed by atoms with Gasteiger partial charge in [-0.25, -0.2) is 8.78 Å². The number of aromatic nitrogens is 2. The summed E-state index contributed by atoms with van der Waals surface area (Å²) in [6.45, 7) is 1.96. The molecule has 0 spiro atoms. The maximum absolute atomic E-state index is 13.1. The van der Waals surface area contributed by atoms with E-state index >= 15 is 0 Å². The van der Waals surface area contributed by atoms with Gasteiger partial charge in [0, 0.05) is 18.0 Å². The molecule has 4 nitrogen and oxygen atoms in total. The van der Waals surface area contributed by atoms with Crippen LogP contribution in [0.3, 0.4) is 0 Å². The minimum atomic E-state index is -0.947. The Morgan fingerprint density at radius 2 is 2.11 bits per heavy atom. The van der Waals surface area contributed by atoms with Crippen molar-refractivity contribution in [1.29, 1.82) is 0 Å². The molecular weight excluding hydrogens is 240 g/mol. The standard InChI is InChI=1S/C12H13F2N3O/c1-2-8(15)6-11-16-12(18-17-11)7-3-4-9(13)10(14)5-7/h3-5,8H,2,6,15H2,1H3. The zero-order valence-corrected chi connectivity index (χ0v) is 9.86. The van der Waals surface area contributed by atoms with Gasteiger partial charge in [0.15, 0.2) is 17.5 Å². The van der Waals surface area contributed by atoms with Crippen molar-refractivity contribution in [3.63, 3.8) is 0 Å². The molecule has 2 aromatic rings. The lowest BCUT2D eigenvalue weighted by molar-refractivity contribution is 0.418. The van der Waals surface area contributed by atoms with Crippen LogP contribution in [-0.4, -0.2) is 16.2 Å². The molecule has 0 aliphatic heterocycles. The van der Waals surface area contributed by atoms with E-state index < -0.39 is 11.6 Å². The van der Waals surface area contributed by atoms with E-state index in [1.54, 1.807) is 0 Å². The summed E-state index contributed by atoms with van der Waals surface area (Å²) in [6, 6.07) is 3.38. The summed E-state index contributed by atoms with van der Waals surface area (Å²) in [7, 11) is 0. The topological polar surface area (TPSA) is 64.9 Å². The predicted molar refractivity (Wildman–Crippen MR) is 61.6 cm³/mol. The first-order valence-corrected chi connectivity index (χ1v) is 5.63. The highest BCUT2D eigenvalue weighted by Crippen LogP contribution is 2.20. The summed E-state index contributed by atoms with van der Waals surface area (Å²) in [5.74, 6) is -1.24. The van der Waals surface area contributed by atoms with Crippen LogP contribution in [0, 0.1) is 11.6 Å². The van der Waals surface area contributed by atoms with E-state index in [0.717, 1.165) is 18.6 Å². The number of hydrogen-bond acceptors (Lipinski definition) is 4. The highest BCUT2D eigenvalue weighted by Gasteiger charge is 2.13. The van der Waals surface area contributed by atoms with Crippen LogP contribution in [0.25, 0.3) is 11.5 Å². The molecule has 0 amide bonds. The third kappa shape index (κ3) is 2.70. The molecule has 0 saturated carbocycles. The molecule has 0 saturated heterocycles. The average Bonchev–Trinajstić information content (AvgIpc) is 2.81. The summed E-state index contributed by atoms with van der Waals surface area (Å²) < 4.78 is 30.8. The van der Waals surface area contributed by atoms with Crippen molar-refractivity contribution in [2.24, 2.45) is 5.73 Å². The Morgan fingerprint density at radius 1 is 1.33 bits per heavy atom. The third-order valence-electron chi connectivity index (χ3n) is 2.60. The molecule has 0 aliphatic rings. The van der Waals surface area contributed by atoms with Crippen molar-refractivity contribution >= 4 is 0 Å². The predicted octanol–water partition coefficient (Wildman–Crippen LogP) is 2.29. The SMILES string of the molecule is CCC(N)Cc1noc(-c2ccc(F)c(F)c2)n1. The van der Waals surface area contributed by atoms with Crippen LogP contribution in [0.5, 0.6) is 0 Å². The van der Waals surface area contributed by atoms with E-state index in [0.29, 0.717) is 17.8 Å². The monoisotopic (exact) mass is 253 g/mol. The molecule has 0 bridgehead atoms. The van der Waals surface area contributed by atoms with Gasteiger partial charge in [0.1, 0.15) is 0 Å². The minimum absolute atomic E-state index is 0.0413. The summed E-state index contributed by atoms with van der Waals surface area (Å²) in [4.78, 5) is 4.09. The molecule has 0 aliphatic carbocycles. The van der Waals surface area contributed by atoms with Gasteiger partial charge in [-0.05, 0) is 24.6 Å². The van der Waals surface area contributed by atoms with Crippen molar-refractivity contribution in [2.45, 2.75) is 25.8 Å². The first kappa shape index (κ1) is 12.6. The summed E-state index contributed by atoms with van der Waals surface area (Å²) in [6.07, 6.45) is 1.29. The fourth-order valence-corrected chi connectivity index (χ4v) is 1.46. The van der Waals surface area contributed by atoms with E-state index in [1.807, 2.05) is 6.92 Å². The van der Waals surface area contributed by atoms with Crippen molar-refractivity contribution in [3.05, 3.63) is 35.7 Å². The molecule has 2 N–H and O–H groups in total. The van der Waals surface area contributed by atoms with Gasteiger partial charge >= 0.3 is 0 Å². The largest absolute Gasteiger partial charge is 0.334 e. The molecule has 1 aromatic heterocycles. The fourth-order valence-electron chi connectivity index (χ4n) is 1.46. The number of nitrogens with zero attached hydrogens (tertiary/aromatic N) is 2. The number of nitrogens with two attached hydrogens (primary N) is 1. The Hall–Kier alpha value is -1.82. The Labute approximate surface area is 103 Å². The lowest BCUT2D eigenvalue weighted by Gasteiger charge is -2.02. The van der Waals surface area contributed by atoms with E-state index in [1.165, 1.54) is 6.07 Å². The summed E-state index contributed by atoms with van der Waals surface area (Å²) >= 11 is 0. The molecule has 6 heteroatoms. The molecule has 0 fully saturated rings. The smallest absolute Gasteiger partial charge is 0.258 e. The van der Waals surface area contributed by atoms with Crippen LogP contribution < -0.4 is 5.73 Å². The van der Waals surface area contributed by atoms with Gasteiger partial charge in [0.05, 0.1) is 0 Å². The molecule has 0 radical (unpaired) electrons. The Kier molecular flexibility index (Phi) is 3.66. The van der Waals surface area contributed by atoms with Gasteiger partial charge in [0.2, 0.25) is 0 Å². The van der Waals surface area contributed by atoms with Gasteiger partial charge in [0.25, 0.3) is 5.89 Å². The van der Waals surface area contributed by atoms with Crippen LogP contribution in [0.4, 0.5) is 8.78 Å². The second-order valence-corrected chi connectivity index (χ2v) is 4.02. The molecule has 1 heterocycles. The average molecular weight is 253 g/mol. The van der Waals surface area contributed by atoms with Crippen molar-refractivity contribution in [1.82, 2.24) is 10.1 Å². The Morgan fingerprint density at radius 3 is 2.78 bits per heavy atom. The number of benzene rings is 1. The molecule has 2 rings (SSSR count). The van der Waals surface area contributed by atoms with Crippen LogP contribution in [-0.2, 0) is 6.42 Å².